The maximum Gasteiger partial charge on any atom is 0.163 e. The van der Waals surface area contributed by atoms with E-state index >= 15 is 0 Å². The van der Waals surface area contributed by atoms with Crippen LogP contribution in [-0.4, -0.2) is 30.6 Å². The fraction of sp³-hybridized carbons (Fsp3) is 0.625. The third kappa shape index (κ3) is 3.01. The van der Waals surface area contributed by atoms with Crippen molar-refractivity contribution in [1.29, 1.82) is 0 Å². The molecular weight excluding hydrogens is 258 g/mol. The van der Waals surface area contributed by atoms with Gasteiger partial charge < -0.3 is 10.2 Å². The zero-order chi connectivity index (χ0) is 14.1. The van der Waals surface area contributed by atoms with Crippen LogP contribution in [0.15, 0.2) is 18.2 Å². The second kappa shape index (κ2) is 5.78. The Balaban J connectivity index is 1.51. The second-order valence-corrected chi connectivity index (χ2v) is 6.15. The molecule has 1 N–H and O–H groups in total. The quantitative estimate of drug-likeness (QED) is 0.891. The van der Waals surface area contributed by atoms with Crippen LogP contribution < -0.4 is 5.32 Å². The van der Waals surface area contributed by atoms with Gasteiger partial charge in [0, 0.05) is 24.2 Å². The first-order chi connectivity index (χ1) is 9.65. The van der Waals surface area contributed by atoms with Gasteiger partial charge in [-0.3, -0.25) is 0 Å². The molecule has 3 rings (SSSR count). The van der Waals surface area contributed by atoms with Gasteiger partial charge in [-0.05, 0) is 51.3 Å². The molecule has 1 heterocycles. The Morgan fingerprint density at radius 2 is 2.10 bits per heavy atom. The number of halogens is 2. The van der Waals surface area contributed by atoms with Crippen molar-refractivity contribution in [2.24, 2.45) is 5.92 Å². The summed E-state index contributed by atoms with van der Waals surface area (Å²) in [5.41, 5.74) is 0.419. The molecule has 20 heavy (non-hydrogen) atoms. The number of hydrogen-bond acceptors (Lipinski definition) is 2. The Bertz CT molecular complexity index is 474. The van der Waals surface area contributed by atoms with Crippen LogP contribution in [0, 0.1) is 17.6 Å². The Morgan fingerprint density at radius 1 is 1.30 bits per heavy atom. The Labute approximate surface area is 119 Å². The third-order valence-corrected chi connectivity index (χ3v) is 4.54. The van der Waals surface area contributed by atoms with E-state index in [1.807, 2.05) is 6.92 Å². The van der Waals surface area contributed by atoms with Crippen LogP contribution in [-0.2, 0) is 0 Å². The minimum atomic E-state index is -0.767. The Hall–Kier alpha value is -1.00. The smallest absolute Gasteiger partial charge is 0.163 e. The van der Waals surface area contributed by atoms with Crippen molar-refractivity contribution in [3.63, 3.8) is 0 Å². The highest BCUT2D eigenvalue weighted by atomic mass is 19.2. The molecule has 1 aliphatic carbocycles. The summed E-state index contributed by atoms with van der Waals surface area (Å²) in [5.74, 6) is -0.856. The topological polar surface area (TPSA) is 15.3 Å². The summed E-state index contributed by atoms with van der Waals surface area (Å²) in [5, 5.41) is 3.36. The first-order valence-electron chi connectivity index (χ1n) is 7.56. The van der Waals surface area contributed by atoms with Crippen LogP contribution in [0.3, 0.4) is 0 Å². The summed E-state index contributed by atoms with van der Waals surface area (Å²) in [6, 6.07) is 5.06. The summed E-state index contributed by atoms with van der Waals surface area (Å²) < 4.78 is 26.9. The maximum atomic E-state index is 13.7. The predicted molar refractivity (Wildman–Crippen MR) is 75.5 cm³/mol. The molecule has 1 saturated carbocycles. The molecule has 2 aliphatic rings. The van der Waals surface area contributed by atoms with Gasteiger partial charge in [0.05, 0.1) is 0 Å². The van der Waals surface area contributed by atoms with Crippen molar-refractivity contribution >= 4 is 0 Å². The van der Waals surface area contributed by atoms with Crippen LogP contribution in [0.4, 0.5) is 8.78 Å². The van der Waals surface area contributed by atoms with Crippen molar-refractivity contribution in [2.45, 2.75) is 38.3 Å². The highest BCUT2D eigenvalue weighted by Crippen LogP contribution is 2.31. The molecule has 2 fully saturated rings. The number of nitrogens with one attached hydrogen (secondary N) is 1. The molecule has 1 aliphatic heterocycles. The van der Waals surface area contributed by atoms with E-state index in [2.05, 4.69) is 10.2 Å². The molecule has 2 atom stereocenters. The van der Waals surface area contributed by atoms with E-state index in [9.17, 15) is 8.78 Å². The lowest BCUT2D eigenvalue weighted by Crippen LogP contribution is -2.29. The second-order valence-electron chi connectivity index (χ2n) is 6.15. The molecule has 0 radical (unpaired) electrons. The number of nitrogens with zero attached hydrogens (tertiary/aromatic N) is 1. The van der Waals surface area contributed by atoms with E-state index < -0.39 is 11.6 Å². The van der Waals surface area contributed by atoms with Gasteiger partial charge >= 0.3 is 0 Å². The van der Waals surface area contributed by atoms with Gasteiger partial charge in [0.1, 0.15) is 0 Å². The van der Waals surface area contributed by atoms with Crippen LogP contribution in [0.2, 0.25) is 0 Å². The fourth-order valence-electron chi connectivity index (χ4n) is 3.11. The molecule has 4 heteroatoms. The van der Waals surface area contributed by atoms with Crippen LogP contribution in [0.1, 0.15) is 37.8 Å². The molecule has 0 spiro atoms. The lowest BCUT2D eigenvalue weighted by atomic mass is 10.1. The zero-order valence-corrected chi connectivity index (χ0v) is 11.9. The van der Waals surface area contributed by atoms with Crippen molar-refractivity contribution in [3.8, 4) is 0 Å². The average molecular weight is 280 g/mol. The molecule has 0 bridgehead atoms. The number of hydrogen-bond donors (Lipinski definition) is 1. The highest BCUT2D eigenvalue weighted by molar-refractivity contribution is 5.22. The number of rotatable bonds is 5. The van der Waals surface area contributed by atoms with E-state index in [4.69, 9.17) is 0 Å². The summed E-state index contributed by atoms with van der Waals surface area (Å²) in [4.78, 5) is 2.57. The fourth-order valence-corrected chi connectivity index (χ4v) is 3.11. The van der Waals surface area contributed by atoms with Crippen molar-refractivity contribution in [3.05, 3.63) is 35.4 Å². The van der Waals surface area contributed by atoms with Gasteiger partial charge in [0.2, 0.25) is 0 Å². The van der Waals surface area contributed by atoms with Gasteiger partial charge in [0.25, 0.3) is 0 Å². The first kappa shape index (κ1) is 14.0. The Morgan fingerprint density at radius 3 is 2.85 bits per heavy atom. The molecule has 0 aromatic heterocycles. The molecule has 1 aromatic carbocycles. The molecule has 1 saturated heterocycles. The van der Waals surface area contributed by atoms with Gasteiger partial charge in [-0.25, -0.2) is 8.78 Å². The standard InChI is InChI=1S/C16H22F2N2/c1-11(14-3-2-4-15(17)16(14)18)19-9-12-7-8-20(10-12)13-5-6-13/h2-4,11-13,19H,5-10H2,1H3. The first-order valence-corrected chi connectivity index (χ1v) is 7.56. The van der Waals surface area contributed by atoms with Crippen molar-refractivity contribution in [2.75, 3.05) is 19.6 Å². The van der Waals surface area contributed by atoms with Crippen LogP contribution >= 0.6 is 0 Å². The Kier molecular flexibility index (Phi) is 4.03. The minimum absolute atomic E-state index is 0.152. The monoisotopic (exact) mass is 280 g/mol. The molecule has 110 valence electrons. The molecule has 2 nitrogen and oxygen atoms in total. The van der Waals surface area contributed by atoms with Crippen molar-refractivity contribution in [1.82, 2.24) is 10.2 Å². The summed E-state index contributed by atoms with van der Waals surface area (Å²) in [7, 11) is 0. The zero-order valence-electron chi connectivity index (χ0n) is 11.9. The van der Waals surface area contributed by atoms with Gasteiger partial charge in [0.15, 0.2) is 11.6 Å². The molecule has 1 aromatic rings. The third-order valence-electron chi connectivity index (χ3n) is 4.54. The van der Waals surface area contributed by atoms with Gasteiger partial charge in [-0.1, -0.05) is 12.1 Å². The highest BCUT2D eigenvalue weighted by Gasteiger charge is 2.34. The largest absolute Gasteiger partial charge is 0.310 e. The normalized spacial score (nSPS) is 25.1. The van der Waals surface area contributed by atoms with E-state index in [1.54, 1.807) is 12.1 Å². The summed E-state index contributed by atoms with van der Waals surface area (Å²) >= 11 is 0. The van der Waals surface area contributed by atoms with E-state index in [0.29, 0.717) is 11.5 Å². The average Bonchev–Trinajstić information content (AvgIpc) is 3.18. The van der Waals surface area contributed by atoms with Crippen LogP contribution in [0.5, 0.6) is 0 Å². The SMILES string of the molecule is CC(NCC1CCN(C2CC2)C1)c1cccc(F)c1F. The van der Waals surface area contributed by atoms with Gasteiger partial charge in [-0.15, -0.1) is 0 Å². The molecule has 0 amide bonds. The van der Waals surface area contributed by atoms with E-state index in [-0.39, 0.29) is 6.04 Å². The maximum absolute atomic E-state index is 13.7. The van der Waals surface area contributed by atoms with Crippen LogP contribution in [0.25, 0.3) is 0 Å². The van der Waals surface area contributed by atoms with E-state index in [0.717, 1.165) is 25.2 Å². The minimum Gasteiger partial charge on any atom is -0.310 e. The number of benzene rings is 1. The predicted octanol–water partition coefficient (Wildman–Crippen LogP) is 3.10. The lowest BCUT2D eigenvalue weighted by molar-refractivity contribution is 0.309. The molecule has 2 unspecified atom stereocenters. The van der Waals surface area contributed by atoms with Crippen molar-refractivity contribution < 1.29 is 8.78 Å². The lowest BCUT2D eigenvalue weighted by Gasteiger charge is -2.19. The summed E-state index contributed by atoms with van der Waals surface area (Å²) in [6.45, 7) is 5.11. The molecular formula is C16H22F2N2. The van der Waals surface area contributed by atoms with E-state index in [1.165, 1.54) is 25.8 Å². The summed E-state index contributed by atoms with van der Waals surface area (Å²) in [6.07, 6.45) is 3.91. The van der Waals surface area contributed by atoms with Gasteiger partial charge in [-0.2, -0.15) is 0 Å². The number of likely N-dealkylation sites (tertiary alicyclic amines) is 1.